The van der Waals surface area contributed by atoms with E-state index in [1.165, 1.54) is 22.3 Å². The second kappa shape index (κ2) is 5.97. The van der Waals surface area contributed by atoms with E-state index >= 15 is 0 Å². The first-order valence-electron chi connectivity index (χ1n) is 6.07. The second-order valence-electron chi connectivity index (χ2n) is 4.17. The lowest BCUT2D eigenvalue weighted by atomic mass is 9.94. The molecule has 1 nitrogen and oxygen atoms in total. The molecule has 0 saturated heterocycles. The molecular weight excluding hydrogens is 218 g/mol. The number of nitrogens with zero attached hydrogens (tertiary/aromatic N) is 1. The van der Waals surface area contributed by atoms with Crippen molar-refractivity contribution in [3.8, 4) is 0 Å². The number of benzene rings is 2. The highest BCUT2D eigenvalue weighted by atomic mass is 14.6. The molecule has 0 amide bonds. The van der Waals surface area contributed by atoms with Crippen molar-refractivity contribution in [1.29, 1.82) is 0 Å². The molecule has 0 fully saturated rings. The fourth-order valence-corrected chi connectivity index (χ4v) is 1.98. The van der Waals surface area contributed by atoms with Gasteiger partial charge in [0.15, 0.2) is 0 Å². The summed E-state index contributed by atoms with van der Waals surface area (Å²) in [6, 6.07) is 18.8. The van der Waals surface area contributed by atoms with Crippen LogP contribution in [0.2, 0.25) is 0 Å². The van der Waals surface area contributed by atoms with E-state index < -0.39 is 0 Å². The number of hydrogen-bond acceptors (Lipinski definition) is 1. The Bertz CT molecular complexity index is 565. The Hall–Kier alpha value is -2.15. The van der Waals surface area contributed by atoms with Crippen molar-refractivity contribution in [2.24, 2.45) is 4.99 Å². The first-order valence-corrected chi connectivity index (χ1v) is 6.07. The predicted octanol–water partition coefficient (Wildman–Crippen LogP) is 4.13. The van der Waals surface area contributed by atoms with Crippen LogP contribution in [0.3, 0.4) is 0 Å². The summed E-state index contributed by atoms with van der Waals surface area (Å²) < 4.78 is 0. The molecule has 0 aromatic heterocycles. The highest BCUT2D eigenvalue weighted by molar-refractivity contribution is 5.92. The molecule has 0 unspecified atom stereocenters. The van der Waals surface area contributed by atoms with Crippen LogP contribution in [0.15, 0.2) is 65.7 Å². The van der Waals surface area contributed by atoms with Gasteiger partial charge in [0.2, 0.25) is 0 Å². The zero-order valence-corrected chi connectivity index (χ0v) is 10.8. The molecule has 0 aliphatic heterocycles. The number of hydrogen-bond donors (Lipinski definition) is 0. The van der Waals surface area contributed by atoms with E-state index in [0.717, 1.165) is 0 Å². The van der Waals surface area contributed by atoms with Crippen molar-refractivity contribution >= 4 is 11.8 Å². The van der Waals surface area contributed by atoms with E-state index in [1.807, 2.05) is 12.3 Å². The normalized spacial score (nSPS) is 12.0. The molecule has 0 saturated carbocycles. The number of aliphatic imine (C=N–C) groups is 1. The summed E-state index contributed by atoms with van der Waals surface area (Å²) >= 11 is 0. The third-order valence-corrected chi connectivity index (χ3v) is 2.91. The summed E-state index contributed by atoms with van der Waals surface area (Å²) in [7, 11) is 1.79. The minimum Gasteiger partial charge on any atom is -0.296 e. The average molecular weight is 235 g/mol. The van der Waals surface area contributed by atoms with E-state index in [4.69, 9.17) is 0 Å². The first-order chi connectivity index (χ1) is 8.83. The van der Waals surface area contributed by atoms with Crippen molar-refractivity contribution < 1.29 is 0 Å². The second-order valence-corrected chi connectivity index (χ2v) is 4.17. The third kappa shape index (κ3) is 2.75. The van der Waals surface area contributed by atoms with E-state index in [1.54, 1.807) is 7.05 Å². The topological polar surface area (TPSA) is 12.4 Å². The lowest BCUT2D eigenvalue weighted by molar-refractivity contribution is 1.41. The number of aryl methyl sites for hydroxylation is 1. The lowest BCUT2D eigenvalue weighted by Crippen LogP contribution is -1.91. The van der Waals surface area contributed by atoms with Gasteiger partial charge in [-0.3, -0.25) is 4.99 Å². The van der Waals surface area contributed by atoms with Crippen LogP contribution in [0, 0.1) is 6.92 Å². The predicted molar refractivity (Wildman–Crippen MR) is 79.1 cm³/mol. The molecule has 0 spiro atoms. The van der Waals surface area contributed by atoms with Gasteiger partial charge in [-0.15, -0.1) is 0 Å². The summed E-state index contributed by atoms with van der Waals surface area (Å²) in [5, 5.41) is 0. The molecular formula is C17H17N. The van der Waals surface area contributed by atoms with Crippen molar-refractivity contribution in [2.45, 2.75) is 6.92 Å². The van der Waals surface area contributed by atoms with Gasteiger partial charge < -0.3 is 0 Å². The molecule has 0 bridgehead atoms. The molecule has 90 valence electrons. The van der Waals surface area contributed by atoms with E-state index in [9.17, 15) is 0 Å². The Morgan fingerprint density at radius 2 is 1.61 bits per heavy atom. The fourth-order valence-electron chi connectivity index (χ4n) is 1.98. The van der Waals surface area contributed by atoms with Gasteiger partial charge in [-0.05, 0) is 35.3 Å². The minimum atomic E-state index is 1.21. The zero-order chi connectivity index (χ0) is 12.8. The molecule has 0 heterocycles. The van der Waals surface area contributed by atoms with Gasteiger partial charge in [0.1, 0.15) is 0 Å². The Labute approximate surface area is 109 Å². The van der Waals surface area contributed by atoms with Gasteiger partial charge in [-0.2, -0.15) is 0 Å². The summed E-state index contributed by atoms with van der Waals surface area (Å²) in [5.74, 6) is 0. The summed E-state index contributed by atoms with van der Waals surface area (Å²) in [6.07, 6.45) is 3.91. The van der Waals surface area contributed by atoms with Crippen LogP contribution in [0.4, 0.5) is 0 Å². The SMILES string of the molecule is CN=C/C=C(\c1ccccc1)c1ccccc1C. The zero-order valence-electron chi connectivity index (χ0n) is 10.8. The Kier molecular flexibility index (Phi) is 4.08. The largest absolute Gasteiger partial charge is 0.296 e. The van der Waals surface area contributed by atoms with Gasteiger partial charge in [0.05, 0.1) is 0 Å². The average Bonchev–Trinajstić information content (AvgIpc) is 2.42. The number of allylic oxidation sites excluding steroid dienone is 1. The van der Waals surface area contributed by atoms with Gasteiger partial charge in [-0.1, -0.05) is 54.6 Å². The molecule has 2 aromatic rings. The molecule has 0 aliphatic rings. The van der Waals surface area contributed by atoms with Crippen LogP contribution < -0.4 is 0 Å². The van der Waals surface area contributed by atoms with Crippen LogP contribution >= 0.6 is 0 Å². The van der Waals surface area contributed by atoms with Gasteiger partial charge >= 0.3 is 0 Å². The van der Waals surface area contributed by atoms with Gasteiger partial charge in [-0.25, -0.2) is 0 Å². The smallest absolute Gasteiger partial charge is 0.0277 e. The van der Waals surface area contributed by atoms with Crippen molar-refractivity contribution in [1.82, 2.24) is 0 Å². The molecule has 0 aliphatic carbocycles. The van der Waals surface area contributed by atoms with E-state index in [2.05, 4.69) is 66.5 Å². The monoisotopic (exact) mass is 235 g/mol. The molecule has 2 rings (SSSR count). The molecule has 0 atom stereocenters. The van der Waals surface area contributed by atoms with Crippen LogP contribution in [-0.4, -0.2) is 13.3 Å². The Morgan fingerprint density at radius 3 is 2.28 bits per heavy atom. The Balaban J connectivity index is 2.55. The van der Waals surface area contributed by atoms with Crippen LogP contribution in [0.25, 0.3) is 5.57 Å². The summed E-state index contributed by atoms with van der Waals surface area (Å²) in [5.41, 5.74) is 4.95. The lowest BCUT2D eigenvalue weighted by Gasteiger charge is -2.10. The summed E-state index contributed by atoms with van der Waals surface area (Å²) in [4.78, 5) is 4.05. The third-order valence-electron chi connectivity index (χ3n) is 2.91. The van der Waals surface area contributed by atoms with Crippen molar-refractivity contribution in [2.75, 3.05) is 7.05 Å². The quantitative estimate of drug-likeness (QED) is 0.709. The molecule has 0 radical (unpaired) electrons. The van der Waals surface area contributed by atoms with Crippen molar-refractivity contribution in [3.05, 3.63) is 77.4 Å². The van der Waals surface area contributed by atoms with Crippen LogP contribution in [-0.2, 0) is 0 Å². The fraction of sp³-hybridized carbons (Fsp3) is 0.118. The van der Waals surface area contributed by atoms with Crippen LogP contribution in [0.1, 0.15) is 16.7 Å². The van der Waals surface area contributed by atoms with Crippen molar-refractivity contribution in [3.63, 3.8) is 0 Å². The highest BCUT2D eigenvalue weighted by Gasteiger charge is 2.05. The maximum atomic E-state index is 4.05. The maximum absolute atomic E-state index is 4.05. The molecule has 18 heavy (non-hydrogen) atoms. The minimum absolute atomic E-state index is 1.21. The van der Waals surface area contributed by atoms with E-state index in [-0.39, 0.29) is 0 Å². The number of rotatable bonds is 3. The van der Waals surface area contributed by atoms with Crippen LogP contribution in [0.5, 0.6) is 0 Å². The van der Waals surface area contributed by atoms with E-state index in [0.29, 0.717) is 0 Å². The Morgan fingerprint density at radius 1 is 0.944 bits per heavy atom. The molecule has 2 aromatic carbocycles. The van der Waals surface area contributed by atoms with Gasteiger partial charge in [0, 0.05) is 13.3 Å². The van der Waals surface area contributed by atoms with Gasteiger partial charge in [0.25, 0.3) is 0 Å². The highest BCUT2D eigenvalue weighted by Crippen LogP contribution is 2.25. The standard InChI is InChI=1S/C17H17N/c1-14-8-6-7-11-16(14)17(12-13-18-2)15-9-4-3-5-10-15/h3-13H,1-2H3/b17-12+,18-13?. The maximum Gasteiger partial charge on any atom is 0.0277 e. The summed E-state index contributed by atoms with van der Waals surface area (Å²) in [6.45, 7) is 2.13. The molecule has 1 heteroatoms. The molecule has 0 N–H and O–H groups in total. The first kappa shape index (κ1) is 12.3.